The van der Waals surface area contributed by atoms with E-state index in [-0.39, 0.29) is 35.1 Å². The highest BCUT2D eigenvalue weighted by Crippen LogP contribution is 2.26. The second-order valence-corrected chi connectivity index (χ2v) is 8.06. The minimum absolute atomic E-state index is 0.0364. The van der Waals surface area contributed by atoms with Crippen molar-refractivity contribution < 1.29 is 13.6 Å². The number of hydrogen-bond donors (Lipinski definition) is 1. The summed E-state index contributed by atoms with van der Waals surface area (Å²) in [4.78, 5) is 34.6. The van der Waals surface area contributed by atoms with Gasteiger partial charge in [-0.2, -0.15) is 0 Å². The molecule has 1 N–H and O–H groups in total. The Bertz CT molecular complexity index is 1380. The van der Waals surface area contributed by atoms with E-state index in [2.05, 4.69) is 20.3 Å². The van der Waals surface area contributed by atoms with E-state index in [1.165, 1.54) is 10.7 Å². The summed E-state index contributed by atoms with van der Waals surface area (Å²) < 4.78 is 28.7. The van der Waals surface area contributed by atoms with E-state index < -0.39 is 17.2 Å². The van der Waals surface area contributed by atoms with Gasteiger partial charge in [0.1, 0.15) is 17.5 Å². The number of aromatic nitrogens is 5. The number of aromatic amines is 1. The van der Waals surface area contributed by atoms with Gasteiger partial charge in [0.05, 0.1) is 6.54 Å². The Kier molecular flexibility index (Phi) is 5.41. The van der Waals surface area contributed by atoms with Gasteiger partial charge in [-0.05, 0) is 31.0 Å². The summed E-state index contributed by atoms with van der Waals surface area (Å²) in [7, 11) is 0. The molecule has 5 rings (SSSR count). The molecule has 0 spiro atoms. The first-order chi connectivity index (χ1) is 16.0. The van der Waals surface area contributed by atoms with Gasteiger partial charge < -0.3 is 9.88 Å². The SMILES string of the molecule is O=C(c1ccccc1)N1CCCC(c2nc3c(nnn3Cc3ccc(F)cc3F)c(=O)[nH]2)C1. The van der Waals surface area contributed by atoms with Crippen LogP contribution >= 0.6 is 0 Å². The molecule has 1 aliphatic rings. The van der Waals surface area contributed by atoms with Crippen molar-refractivity contribution in [2.24, 2.45) is 0 Å². The van der Waals surface area contributed by atoms with E-state index in [4.69, 9.17) is 0 Å². The third-order valence-electron chi connectivity index (χ3n) is 5.84. The normalized spacial score (nSPS) is 16.3. The summed E-state index contributed by atoms with van der Waals surface area (Å²) in [6, 6.07) is 12.3. The number of benzene rings is 2. The third-order valence-corrected chi connectivity index (χ3v) is 5.84. The van der Waals surface area contributed by atoms with E-state index in [9.17, 15) is 18.4 Å². The monoisotopic (exact) mass is 450 g/mol. The van der Waals surface area contributed by atoms with Crippen molar-refractivity contribution in [2.45, 2.75) is 25.3 Å². The predicted octanol–water partition coefficient (Wildman–Crippen LogP) is 2.86. The smallest absolute Gasteiger partial charge is 0.281 e. The molecule has 0 saturated carbocycles. The second kappa shape index (κ2) is 8.53. The molecule has 1 atom stereocenters. The van der Waals surface area contributed by atoms with Crippen molar-refractivity contribution in [3.8, 4) is 0 Å². The molecular formula is C23H20F2N6O2. The molecule has 2 aromatic carbocycles. The van der Waals surface area contributed by atoms with Crippen molar-refractivity contribution in [3.05, 3.63) is 87.5 Å². The number of rotatable bonds is 4. The Balaban J connectivity index is 1.44. The number of piperidine rings is 1. The molecule has 1 aliphatic heterocycles. The molecule has 1 unspecified atom stereocenters. The number of hydrogen-bond acceptors (Lipinski definition) is 5. The summed E-state index contributed by atoms with van der Waals surface area (Å²) in [6.07, 6.45) is 1.52. The number of H-pyrrole nitrogens is 1. The van der Waals surface area contributed by atoms with Crippen LogP contribution in [0, 0.1) is 11.6 Å². The number of nitrogens with one attached hydrogen (secondary N) is 1. The Morgan fingerprint density at radius 3 is 2.76 bits per heavy atom. The van der Waals surface area contributed by atoms with Gasteiger partial charge in [0, 0.05) is 36.2 Å². The zero-order valence-electron chi connectivity index (χ0n) is 17.5. The first kappa shape index (κ1) is 20.9. The van der Waals surface area contributed by atoms with Crippen LogP contribution in [0.1, 0.15) is 40.5 Å². The molecule has 1 amide bonds. The highest BCUT2D eigenvalue weighted by molar-refractivity contribution is 5.94. The molecule has 0 radical (unpaired) electrons. The van der Waals surface area contributed by atoms with Crippen LogP contribution in [-0.2, 0) is 6.54 Å². The summed E-state index contributed by atoms with van der Waals surface area (Å²) >= 11 is 0. The number of carbonyl (C=O) groups excluding carboxylic acids is 1. The molecule has 0 bridgehead atoms. The van der Waals surface area contributed by atoms with Gasteiger partial charge in [-0.1, -0.05) is 29.5 Å². The average molecular weight is 450 g/mol. The van der Waals surface area contributed by atoms with Gasteiger partial charge in [0.15, 0.2) is 11.2 Å². The fourth-order valence-corrected chi connectivity index (χ4v) is 4.14. The lowest BCUT2D eigenvalue weighted by molar-refractivity contribution is 0.0704. The van der Waals surface area contributed by atoms with E-state index >= 15 is 0 Å². The van der Waals surface area contributed by atoms with Crippen LogP contribution in [0.3, 0.4) is 0 Å². The van der Waals surface area contributed by atoms with E-state index in [1.807, 2.05) is 18.2 Å². The highest BCUT2D eigenvalue weighted by atomic mass is 19.1. The maximum absolute atomic E-state index is 14.1. The van der Waals surface area contributed by atoms with Crippen molar-refractivity contribution in [1.82, 2.24) is 29.9 Å². The van der Waals surface area contributed by atoms with Crippen molar-refractivity contribution in [2.75, 3.05) is 13.1 Å². The number of nitrogens with zero attached hydrogens (tertiary/aromatic N) is 5. The standard InChI is InChI=1S/C23H20F2N6O2/c24-17-9-8-15(18(25)11-17)13-31-21-19(28-29-31)22(32)27-20(26-21)16-7-4-10-30(12-16)23(33)14-5-2-1-3-6-14/h1-3,5-6,8-9,11,16H,4,7,10,12-13H2,(H,26,27,32). The number of fused-ring (bicyclic) bond motifs is 1. The Morgan fingerprint density at radius 1 is 1.15 bits per heavy atom. The van der Waals surface area contributed by atoms with Crippen molar-refractivity contribution >= 4 is 17.1 Å². The van der Waals surface area contributed by atoms with Gasteiger partial charge in [-0.15, -0.1) is 5.10 Å². The predicted molar refractivity (Wildman–Crippen MR) is 116 cm³/mol. The molecule has 33 heavy (non-hydrogen) atoms. The summed E-state index contributed by atoms with van der Waals surface area (Å²) in [6.45, 7) is 0.984. The van der Waals surface area contributed by atoms with Crippen LogP contribution in [0.2, 0.25) is 0 Å². The first-order valence-corrected chi connectivity index (χ1v) is 10.6. The van der Waals surface area contributed by atoms with Gasteiger partial charge in [-0.3, -0.25) is 9.59 Å². The molecule has 10 heteroatoms. The summed E-state index contributed by atoms with van der Waals surface area (Å²) in [5.74, 6) is -1.20. The molecule has 4 aromatic rings. The first-order valence-electron chi connectivity index (χ1n) is 10.6. The molecule has 0 aliphatic carbocycles. The zero-order valence-corrected chi connectivity index (χ0v) is 17.5. The lowest BCUT2D eigenvalue weighted by Crippen LogP contribution is -2.39. The number of carbonyl (C=O) groups is 1. The number of likely N-dealkylation sites (tertiary alicyclic amines) is 1. The van der Waals surface area contributed by atoms with Crippen molar-refractivity contribution in [3.63, 3.8) is 0 Å². The average Bonchev–Trinajstić information content (AvgIpc) is 3.24. The zero-order chi connectivity index (χ0) is 22.9. The number of halogens is 2. The van der Waals surface area contributed by atoms with Gasteiger partial charge >= 0.3 is 0 Å². The molecule has 3 heterocycles. The molecule has 1 fully saturated rings. The highest BCUT2D eigenvalue weighted by Gasteiger charge is 2.28. The third kappa shape index (κ3) is 4.11. The Labute approximate surface area is 186 Å². The Hall–Kier alpha value is -3.95. The van der Waals surface area contributed by atoms with Gasteiger partial charge in [0.2, 0.25) is 0 Å². The van der Waals surface area contributed by atoms with Gasteiger partial charge in [-0.25, -0.2) is 18.4 Å². The van der Waals surface area contributed by atoms with Crippen LogP contribution in [-0.4, -0.2) is 48.9 Å². The molecule has 8 nitrogen and oxygen atoms in total. The summed E-state index contributed by atoms with van der Waals surface area (Å²) in [5, 5.41) is 7.82. The van der Waals surface area contributed by atoms with E-state index in [0.29, 0.717) is 24.5 Å². The van der Waals surface area contributed by atoms with Crippen LogP contribution in [0.15, 0.2) is 53.3 Å². The molecule has 168 valence electrons. The second-order valence-electron chi connectivity index (χ2n) is 8.06. The molecule has 1 saturated heterocycles. The van der Waals surface area contributed by atoms with E-state index in [0.717, 1.165) is 25.0 Å². The lowest BCUT2D eigenvalue weighted by atomic mass is 9.96. The molecular weight excluding hydrogens is 430 g/mol. The lowest BCUT2D eigenvalue weighted by Gasteiger charge is -2.32. The largest absolute Gasteiger partial charge is 0.338 e. The summed E-state index contributed by atoms with van der Waals surface area (Å²) in [5.41, 5.74) is 0.605. The van der Waals surface area contributed by atoms with Crippen LogP contribution < -0.4 is 5.56 Å². The minimum atomic E-state index is -0.717. The van der Waals surface area contributed by atoms with Crippen LogP contribution in [0.4, 0.5) is 8.78 Å². The van der Waals surface area contributed by atoms with Crippen LogP contribution in [0.25, 0.3) is 11.2 Å². The minimum Gasteiger partial charge on any atom is -0.338 e. The Morgan fingerprint density at radius 2 is 1.97 bits per heavy atom. The van der Waals surface area contributed by atoms with Crippen LogP contribution in [0.5, 0.6) is 0 Å². The van der Waals surface area contributed by atoms with E-state index in [1.54, 1.807) is 17.0 Å². The fourth-order valence-electron chi connectivity index (χ4n) is 4.14. The topological polar surface area (TPSA) is 96.8 Å². The van der Waals surface area contributed by atoms with Crippen molar-refractivity contribution in [1.29, 1.82) is 0 Å². The maximum Gasteiger partial charge on any atom is 0.281 e. The fraction of sp³-hybridized carbons (Fsp3) is 0.261. The quantitative estimate of drug-likeness (QED) is 0.516. The maximum atomic E-state index is 14.1. The molecule has 2 aromatic heterocycles. The number of amides is 1. The van der Waals surface area contributed by atoms with Gasteiger partial charge in [0.25, 0.3) is 11.5 Å².